The smallest absolute Gasteiger partial charge is 0.183 e. The number of nitrogens with zero attached hydrogens (tertiary/aromatic N) is 1. The van der Waals surface area contributed by atoms with Crippen molar-refractivity contribution < 1.29 is 5.11 Å². The highest BCUT2D eigenvalue weighted by atomic mass is 32.1. The highest BCUT2D eigenvalue weighted by molar-refractivity contribution is 7.15. The third-order valence-electron chi connectivity index (χ3n) is 2.14. The van der Waals surface area contributed by atoms with Gasteiger partial charge in [-0.2, -0.15) is 0 Å². The quantitative estimate of drug-likeness (QED) is 0.697. The third kappa shape index (κ3) is 2.94. The molecule has 0 amide bonds. The van der Waals surface area contributed by atoms with Crippen LogP contribution in [-0.4, -0.2) is 28.8 Å². The maximum atomic E-state index is 9.18. The fourth-order valence-corrected chi connectivity index (χ4v) is 1.75. The number of aryl methyl sites for hydroxylation is 2. The van der Waals surface area contributed by atoms with Gasteiger partial charge in [0.1, 0.15) is 0 Å². The molecule has 2 unspecified atom stereocenters. The number of nitrogens with one attached hydrogen (secondary N) is 1. The first-order valence-corrected chi connectivity index (χ1v) is 5.44. The molecule has 5 heteroatoms. The van der Waals surface area contributed by atoms with Crippen LogP contribution in [-0.2, 0) is 0 Å². The van der Waals surface area contributed by atoms with Gasteiger partial charge in [-0.25, -0.2) is 4.98 Å². The largest absolute Gasteiger partial charge is 0.392 e. The molecule has 1 aromatic heterocycles. The minimum Gasteiger partial charge on any atom is -0.392 e. The number of aliphatic hydroxyl groups excluding tert-OH is 1. The first-order valence-electron chi connectivity index (χ1n) is 4.62. The van der Waals surface area contributed by atoms with Gasteiger partial charge in [-0.15, -0.1) is 11.3 Å². The minimum absolute atomic E-state index is 0.250. The molecule has 0 fully saturated rings. The van der Waals surface area contributed by atoms with Gasteiger partial charge in [0.05, 0.1) is 11.8 Å². The average Bonchev–Trinajstić information content (AvgIpc) is 2.42. The predicted molar refractivity (Wildman–Crippen MR) is 59.7 cm³/mol. The van der Waals surface area contributed by atoms with Gasteiger partial charge in [0.25, 0.3) is 0 Å². The van der Waals surface area contributed by atoms with Crippen molar-refractivity contribution in [3.8, 4) is 0 Å². The lowest BCUT2D eigenvalue weighted by Crippen LogP contribution is -2.38. The second-order valence-electron chi connectivity index (χ2n) is 3.45. The van der Waals surface area contributed by atoms with Crippen LogP contribution < -0.4 is 11.1 Å². The van der Waals surface area contributed by atoms with Crippen molar-refractivity contribution in [3.63, 3.8) is 0 Å². The fraction of sp³-hybridized carbons (Fsp3) is 0.667. The van der Waals surface area contributed by atoms with Crippen LogP contribution >= 0.6 is 11.3 Å². The van der Waals surface area contributed by atoms with Gasteiger partial charge in [0.15, 0.2) is 5.13 Å². The van der Waals surface area contributed by atoms with Gasteiger partial charge in [0.2, 0.25) is 0 Å². The lowest BCUT2D eigenvalue weighted by molar-refractivity contribution is 0.168. The summed E-state index contributed by atoms with van der Waals surface area (Å²) in [7, 11) is 0. The van der Waals surface area contributed by atoms with Crippen molar-refractivity contribution in [2.24, 2.45) is 5.73 Å². The molecular weight excluding hydrogens is 198 g/mol. The van der Waals surface area contributed by atoms with Crippen molar-refractivity contribution in [2.45, 2.75) is 32.9 Å². The minimum atomic E-state index is -0.496. The maximum absolute atomic E-state index is 9.18. The van der Waals surface area contributed by atoms with E-state index in [0.717, 1.165) is 10.8 Å². The van der Waals surface area contributed by atoms with Crippen LogP contribution in [0.3, 0.4) is 0 Å². The molecule has 0 spiro atoms. The Kier molecular flexibility index (Phi) is 3.86. The zero-order chi connectivity index (χ0) is 10.7. The Bertz CT molecular complexity index is 279. The molecule has 4 N–H and O–H groups in total. The molecule has 4 nitrogen and oxygen atoms in total. The standard InChI is InChI=1S/C9H17N3OS/c1-5-7(3)14-9(12-5)11-4-8(10)6(2)13/h6,8,13H,4,10H2,1-3H3,(H,11,12). The maximum Gasteiger partial charge on any atom is 0.183 e. The number of hydrogen-bond acceptors (Lipinski definition) is 5. The number of anilines is 1. The van der Waals surface area contributed by atoms with E-state index in [0.29, 0.717) is 6.54 Å². The highest BCUT2D eigenvalue weighted by Gasteiger charge is 2.10. The van der Waals surface area contributed by atoms with E-state index >= 15 is 0 Å². The molecule has 0 aromatic carbocycles. The Hall–Kier alpha value is -0.650. The van der Waals surface area contributed by atoms with E-state index in [-0.39, 0.29) is 6.04 Å². The van der Waals surface area contributed by atoms with Crippen LogP contribution in [0.1, 0.15) is 17.5 Å². The first-order chi connectivity index (χ1) is 6.50. The van der Waals surface area contributed by atoms with Crippen LogP contribution in [0.5, 0.6) is 0 Å². The third-order valence-corrected chi connectivity index (χ3v) is 3.17. The lowest BCUT2D eigenvalue weighted by atomic mass is 10.2. The molecule has 1 heterocycles. The number of aromatic nitrogens is 1. The fourth-order valence-electron chi connectivity index (χ4n) is 0.924. The molecule has 0 aliphatic carbocycles. The summed E-state index contributed by atoms with van der Waals surface area (Å²) < 4.78 is 0. The Labute approximate surface area is 88.2 Å². The summed E-state index contributed by atoms with van der Waals surface area (Å²) in [6, 6.07) is -0.250. The van der Waals surface area contributed by atoms with Crippen molar-refractivity contribution >= 4 is 16.5 Å². The molecule has 14 heavy (non-hydrogen) atoms. The van der Waals surface area contributed by atoms with E-state index in [9.17, 15) is 5.11 Å². The summed E-state index contributed by atoms with van der Waals surface area (Å²) in [5, 5.41) is 13.2. The Morgan fingerprint density at radius 3 is 2.64 bits per heavy atom. The van der Waals surface area contributed by atoms with Gasteiger partial charge in [-0.1, -0.05) is 0 Å². The van der Waals surface area contributed by atoms with E-state index in [4.69, 9.17) is 5.73 Å². The number of rotatable bonds is 4. The first kappa shape index (κ1) is 11.4. The predicted octanol–water partition coefficient (Wildman–Crippen LogP) is 0.880. The van der Waals surface area contributed by atoms with E-state index in [1.54, 1.807) is 18.3 Å². The number of nitrogens with two attached hydrogens (primary N) is 1. The Morgan fingerprint density at radius 1 is 1.57 bits per heavy atom. The van der Waals surface area contributed by atoms with E-state index in [1.165, 1.54) is 4.88 Å². The van der Waals surface area contributed by atoms with Gasteiger partial charge in [-0.3, -0.25) is 0 Å². The Morgan fingerprint density at radius 2 is 2.21 bits per heavy atom. The molecule has 0 saturated heterocycles. The summed E-state index contributed by atoms with van der Waals surface area (Å²) in [4.78, 5) is 5.52. The van der Waals surface area contributed by atoms with Crippen molar-refractivity contribution in [1.29, 1.82) is 0 Å². The molecule has 0 aliphatic heterocycles. The van der Waals surface area contributed by atoms with Crippen molar-refractivity contribution in [2.75, 3.05) is 11.9 Å². The summed E-state index contributed by atoms with van der Waals surface area (Å²) in [5.74, 6) is 0. The van der Waals surface area contributed by atoms with Gasteiger partial charge >= 0.3 is 0 Å². The monoisotopic (exact) mass is 215 g/mol. The topological polar surface area (TPSA) is 71.2 Å². The van der Waals surface area contributed by atoms with E-state index in [1.807, 2.05) is 13.8 Å². The SMILES string of the molecule is Cc1nc(NCC(N)C(C)O)sc1C. The second kappa shape index (κ2) is 4.72. The van der Waals surface area contributed by atoms with Crippen molar-refractivity contribution in [1.82, 2.24) is 4.98 Å². The van der Waals surface area contributed by atoms with Gasteiger partial charge < -0.3 is 16.2 Å². The molecule has 1 aromatic rings. The normalized spacial score (nSPS) is 15.2. The van der Waals surface area contributed by atoms with Gasteiger partial charge in [0, 0.05) is 17.5 Å². The van der Waals surface area contributed by atoms with Crippen LogP contribution in [0.15, 0.2) is 0 Å². The molecular formula is C9H17N3OS. The van der Waals surface area contributed by atoms with Gasteiger partial charge in [-0.05, 0) is 20.8 Å². The molecule has 0 saturated carbocycles. The number of aliphatic hydroxyl groups is 1. The van der Waals surface area contributed by atoms with Crippen molar-refractivity contribution in [3.05, 3.63) is 10.6 Å². The summed E-state index contributed by atoms with van der Waals surface area (Å²) >= 11 is 1.61. The zero-order valence-corrected chi connectivity index (χ0v) is 9.56. The molecule has 80 valence electrons. The lowest BCUT2D eigenvalue weighted by Gasteiger charge is -2.14. The summed E-state index contributed by atoms with van der Waals surface area (Å²) in [5.41, 5.74) is 6.72. The molecule has 0 bridgehead atoms. The van der Waals surface area contributed by atoms with Crippen LogP contribution in [0.2, 0.25) is 0 Å². The number of thiazole rings is 1. The van der Waals surface area contributed by atoms with E-state index < -0.39 is 6.10 Å². The van der Waals surface area contributed by atoms with E-state index in [2.05, 4.69) is 10.3 Å². The molecule has 0 radical (unpaired) electrons. The zero-order valence-electron chi connectivity index (χ0n) is 8.74. The average molecular weight is 215 g/mol. The summed E-state index contributed by atoms with van der Waals surface area (Å²) in [6.45, 7) is 6.24. The highest BCUT2D eigenvalue weighted by Crippen LogP contribution is 2.20. The number of hydrogen-bond donors (Lipinski definition) is 3. The molecule has 1 rings (SSSR count). The molecule has 2 atom stereocenters. The van der Waals surface area contributed by atoms with Crippen LogP contribution in [0.4, 0.5) is 5.13 Å². The molecule has 0 aliphatic rings. The van der Waals surface area contributed by atoms with Crippen LogP contribution in [0, 0.1) is 13.8 Å². The summed E-state index contributed by atoms with van der Waals surface area (Å²) in [6.07, 6.45) is -0.496. The second-order valence-corrected chi connectivity index (χ2v) is 4.65. The Balaban J connectivity index is 2.46. The van der Waals surface area contributed by atoms with Crippen LogP contribution in [0.25, 0.3) is 0 Å².